The SMILES string of the molecule is CCN1C(=O)C(=O)N(C2CCCN(CC3COc4ccccc4O3)C2)C1=O. The van der Waals surface area contributed by atoms with Gasteiger partial charge in [-0.1, -0.05) is 12.1 Å². The Labute approximate surface area is 157 Å². The molecule has 3 aliphatic heterocycles. The van der Waals surface area contributed by atoms with Gasteiger partial charge in [0.15, 0.2) is 11.5 Å². The van der Waals surface area contributed by atoms with E-state index in [9.17, 15) is 14.4 Å². The van der Waals surface area contributed by atoms with E-state index in [0.29, 0.717) is 26.1 Å². The number of rotatable bonds is 4. The molecule has 3 heterocycles. The molecule has 8 nitrogen and oxygen atoms in total. The van der Waals surface area contributed by atoms with E-state index in [2.05, 4.69) is 4.90 Å². The number of imide groups is 2. The Kier molecular flexibility index (Phi) is 4.73. The first-order valence-electron chi connectivity index (χ1n) is 9.38. The van der Waals surface area contributed by atoms with E-state index in [-0.39, 0.29) is 18.7 Å². The third kappa shape index (κ3) is 3.25. The number of carbonyl (C=O) groups is 3. The first kappa shape index (κ1) is 17.8. The number of benzene rings is 1. The third-order valence-electron chi connectivity index (χ3n) is 5.28. The second kappa shape index (κ2) is 7.19. The number of likely N-dealkylation sites (N-methyl/N-ethyl adjacent to an activating group) is 1. The van der Waals surface area contributed by atoms with Gasteiger partial charge in [0.25, 0.3) is 0 Å². The highest BCUT2D eigenvalue weighted by atomic mass is 16.6. The number of fused-ring (bicyclic) bond motifs is 1. The molecule has 27 heavy (non-hydrogen) atoms. The molecule has 1 aromatic carbocycles. The van der Waals surface area contributed by atoms with Gasteiger partial charge in [-0.3, -0.25) is 24.3 Å². The lowest BCUT2D eigenvalue weighted by Crippen LogP contribution is -2.53. The van der Waals surface area contributed by atoms with Gasteiger partial charge in [-0.15, -0.1) is 0 Å². The zero-order valence-corrected chi connectivity index (χ0v) is 15.3. The Morgan fingerprint density at radius 2 is 1.89 bits per heavy atom. The Morgan fingerprint density at radius 3 is 2.63 bits per heavy atom. The van der Waals surface area contributed by atoms with Crippen LogP contribution in [0.2, 0.25) is 0 Å². The summed E-state index contributed by atoms with van der Waals surface area (Å²) >= 11 is 0. The van der Waals surface area contributed by atoms with Crippen molar-refractivity contribution in [1.82, 2.24) is 14.7 Å². The molecule has 0 N–H and O–H groups in total. The van der Waals surface area contributed by atoms with Crippen molar-refractivity contribution in [2.24, 2.45) is 0 Å². The van der Waals surface area contributed by atoms with E-state index in [1.807, 2.05) is 24.3 Å². The molecule has 0 spiro atoms. The summed E-state index contributed by atoms with van der Waals surface area (Å²) in [5.74, 6) is 0.0493. The molecule has 144 valence electrons. The summed E-state index contributed by atoms with van der Waals surface area (Å²) in [5, 5.41) is 0. The van der Waals surface area contributed by atoms with E-state index in [4.69, 9.17) is 9.47 Å². The van der Waals surface area contributed by atoms with Crippen LogP contribution in [0.4, 0.5) is 4.79 Å². The Hall–Kier alpha value is -2.61. The monoisotopic (exact) mass is 373 g/mol. The lowest BCUT2D eigenvalue weighted by atomic mass is 10.0. The van der Waals surface area contributed by atoms with Crippen LogP contribution >= 0.6 is 0 Å². The second-order valence-corrected chi connectivity index (χ2v) is 7.06. The zero-order chi connectivity index (χ0) is 19.0. The molecule has 0 radical (unpaired) electrons. The number of carbonyl (C=O) groups excluding carboxylic acids is 3. The molecular weight excluding hydrogens is 350 g/mol. The number of hydrogen-bond acceptors (Lipinski definition) is 6. The number of likely N-dealkylation sites (tertiary alicyclic amines) is 1. The summed E-state index contributed by atoms with van der Waals surface area (Å²) in [6.07, 6.45) is 1.45. The van der Waals surface area contributed by atoms with Crippen molar-refractivity contribution in [3.05, 3.63) is 24.3 Å². The van der Waals surface area contributed by atoms with Gasteiger partial charge >= 0.3 is 17.8 Å². The van der Waals surface area contributed by atoms with Crippen LogP contribution in [0.15, 0.2) is 24.3 Å². The highest BCUT2D eigenvalue weighted by molar-refractivity contribution is 6.44. The van der Waals surface area contributed by atoms with Gasteiger partial charge < -0.3 is 9.47 Å². The number of hydrogen-bond donors (Lipinski definition) is 0. The van der Waals surface area contributed by atoms with E-state index >= 15 is 0 Å². The quantitative estimate of drug-likeness (QED) is 0.581. The first-order chi connectivity index (χ1) is 13.1. The van der Waals surface area contributed by atoms with Crippen molar-refractivity contribution < 1.29 is 23.9 Å². The molecule has 0 aromatic heterocycles. The summed E-state index contributed by atoms with van der Waals surface area (Å²) < 4.78 is 11.8. The number of piperidine rings is 1. The maximum Gasteiger partial charge on any atom is 0.334 e. The molecule has 0 aliphatic carbocycles. The van der Waals surface area contributed by atoms with Crippen LogP contribution in [0.25, 0.3) is 0 Å². The Morgan fingerprint density at radius 1 is 1.11 bits per heavy atom. The molecular formula is C19H23N3O5. The summed E-state index contributed by atoms with van der Waals surface area (Å²) in [7, 11) is 0. The van der Waals surface area contributed by atoms with E-state index in [1.54, 1.807) is 6.92 Å². The van der Waals surface area contributed by atoms with E-state index in [1.165, 1.54) is 0 Å². The molecule has 8 heteroatoms. The second-order valence-electron chi connectivity index (χ2n) is 7.06. The van der Waals surface area contributed by atoms with Gasteiger partial charge in [0.2, 0.25) is 0 Å². The fourth-order valence-corrected chi connectivity index (χ4v) is 3.97. The molecule has 4 amide bonds. The first-order valence-corrected chi connectivity index (χ1v) is 9.38. The number of para-hydroxylation sites is 2. The van der Waals surface area contributed by atoms with Crippen LogP contribution in [0.3, 0.4) is 0 Å². The van der Waals surface area contributed by atoms with Crippen LogP contribution < -0.4 is 9.47 Å². The molecule has 2 fully saturated rings. The summed E-state index contributed by atoms with van der Waals surface area (Å²) in [6, 6.07) is 6.79. The fraction of sp³-hybridized carbons (Fsp3) is 0.526. The third-order valence-corrected chi connectivity index (χ3v) is 5.28. The van der Waals surface area contributed by atoms with E-state index < -0.39 is 17.8 Å². The van der Waals surface area contributed by atoms with Crippen LogP contribution in [-0.4, -0.2) is 77.5 Å². The minimum absolute atomic E-state index is 0.114. The largest absolute Gasteiger partial charge is 0.486 e. The van der Waals surface area contributed by atoms with Crippen LogP contribution in [0.5, 0.6) is 11.5 Å². The van der Waals surface area contributed by atoms with Gasteiger partial charge in [-0.05, 0) is 38.4 Å². The minimum Gasteiger partial charge on any atom is -0.486 e. The number of urea groups is 1. The number of ether oxygens (including phenoxy) is 2. The molecule has 0 bridgehead atoms. The fourth-order valence-electron chi connectivity index (χ4n) is 3.97. The van der Waals surface area contributed by atoms with Crippen molar-refractivity contribution >= 4 is 17.8 Å². The van der Waals surface area contributed by atoms with Crippen molar-refractivity contribution in [2.45, 2.75) is 31.9 Å². The lowest BCUT2D eigenvalue weighted by molar-refractivity contribution is -0.144. The molecule has 1 aromatic rings. The smallest absolute Gasteiger partial charge is 0.334 e. The van der Waals surface area contributed by atoms with Crippen LogP contribution in [0, 0.1) is 0 Å². The standard InChI is InChI=1S/C19H23N3O5/c1-2-21-17(23)18(24)22(19(21)25)13-6-5-9-20(10-13)11-14-12-26-15-7-3-4-8-16(15)27-14/h3-4,7-8,13-14H,2,5-6,9-12H2,1H3. The van der Waals surface area contributed by atoms with Gasteiger partial charge in [-0.2, -0.15) is 0 Å². The predicted molar refractivity (Wildman–Crippen MR) is 95.4 cm³/mol. The topological polar surface area (TPSA) is 79.4 Å². The predicted octanol–water partition coefficient (Wildman–Crippen LogP) is 1.10. The highest BCUT2D eigenvalue weighted by Crippen LogP contribution is 2.31. The van der Waals surface area contributed by atoms with Crippen molar-refractivity contribution in [1.29, 1.82) is 0 Å². The average molecular weight is 373 g/mol. The highest BCUT2D eigenvalue weighted by Gasteiger charge is 2.47. The summed E-state index contributed by atoms with van der Waals surface area (Å²) in [4.78, 5) is 41.0. The molecule has 4 rings (SSSR count). The van der Waals surface area contributed by atoms with Gasteiger partial charge in [0, 0.05) is 19.6 Å². The number of nitrogens with zero attached hydrogens (tertiary/aromatic N) is 3. The van der Waals surface area contributed by atoms with Crippen LogP contribution in [-0.2, 0) is 9.59 Å². The van der Waals surface area contributed by atoms with Gasteiger partial charge in [0.1, 0.15) is 12.7 Å². The molecule has 2 unspecified atom stereocenters. The van der Waals surface area contributed by atoms with Crippen molar-refractivity contribution in [2.75, 3.05) is 32.8 Å². The normalized spacial score (nSPS) is 26.0. The minimum atomic E-state index is -0.722. The van der Waals surface area contributed by atoms with Crippen molar-refractivity contribution in [3.8, 4) is 11.5 Å². The Bertz CT molecular complexity index is 767. The summed E-state index contributed by atoms with van der Waals surface area (Å²) in [6.45, 7) is 4.42. The molecule has 2 atom stereocenters. The molecule has 2 saturated heterocycles. The lowest BCUT2D eigenvalue weighted by Gasteiger charge is -2.38. The maximum atomic E-state index is 12.4. The van der Waals surface area contributed by atoms with Gasteiger partial charge in [-0.25, -0.2) is 4.79 Å². The number of amides is 4. The zero-order valence-electron chi connectivity index (χ0n) is 15.3. The molecule has 3 aliphatic rings. The van der Waals surface area contributed by atoms with Crippen molar-refractivity contribution in [3.63, 3.8) is 0 Å². The maximum absolute atomic E-state index is 12.4. The summed E-state index contributed by atoms with van der Waals surface area (Å²) in [5.41, 5.74) is 0. The average Bonchev–Trinajstić information content (AvgIpc) is 2.90. The van der Waals surface area contributed by atoms with Gasteiger partial charge in [0.05, 0.1) is 6.04 Å². The molecule has 0 saturated carbocycles. The Balaban J connectivity index is 1.40. The van der Waals surface area contributed by atoms with Crippen LogP contribution in [0.1, 0.15) is 19.8 Å². The van der Waals surface area contributed by atoms with E-state index in [0.717, 1.165) is 34.3 Å².